The fourth-order valence-electron chi connectivity index (χ4n) is 2.38. The maximum absolute atomic E-state index is 12.5. The SMILES string of the molecule is C[C@H]1CN(C(=O)Cn2cc([N+](=O)[O-])cn2)c2ccccc2O1. The van der Waals surface area contributed by atoms with Crippen LogP contribution in [0.25, 0.3) is 0 Å². The number of carbonyl (C=O) groups is 1. The summed E-state index contributed by atoms with van der Waals surface area (Å²) >= 11 is 0. The smallest absolute Gasteiger partial charge is 0.307 e. The van der Waals surface area contributed by atoms with E-state index in [0.717, 1.165) is 6.20 Å². The van der Waals surface area contributed by atoms with Crippen molar-refractivity contribution in [3.8, 4) is 5.75 Å². The lowest BCUT2D eigenvalue weighted by Crippen LogP contribution is -2.43. The third-order valence-corrected chi connectivity index (χ3v) is 3.35. The van der Waals surface area contributed by atoms with Crippen LogP contribution in [0, 0.1) is 10.1 Å². The summed E-state index contributed by atoms with van der Waals surface area (Å²) in [7, 11) is 0. The molecule has 1 aliphatic heterocycles. The van der Waals surface area contributed by atoms with E-state index in [1.165, 1.54) is 10.9 Å². The van der Waals surface area contributed by atoms with Crippen LogP contribution in [0.4, 0.5) is 11.4 Å². The normalized spacial score (nSPS) is 16.8. The van der Waals surface area contributed by atoms with Crippen LogP contribution < -0.4 is 9.64 Å². The van der Waals surface area contributed by atoms with E-state index in [-0.39, 0.29) is 24.2 Å². The molecule has 0 radical (unpaired) electrons. The van der Waals surface area contributed by atoms with Gasteiger partial charge in [-0.2, -0.15) is 5.10 Å². The first-order valence-corrected chi connectivity index (χ1v) is 6.77. The lowest BCUT2D eigenvalue weighted by Gasteiger charge is -2.33. The maximum atomic E-state index is 12.5. The molecule has 8 nitrogen and oxygen atoms in total. The summed E-state index contributed by atoms with van der Waals surface area (Å²) in [5.41, 5.74) is 0.566. The van der Waals surface area contributed by atoms with Crippen molar-refractivity contribution >= 4 is 17.3 Å². The Hall–Kier alpha value is -2.90. The molecule has 2 aromatic rings. The van der Waals surface area contributed by atoms with Crippen molar-refractivity contribution in [1.82, 2.24) is 9.78 Å². The van der Waals surface area contributed by atoms with E-state index >= 15 is 0 Å². The van der Waals surface area contributed by atoms with Gasteiger partial charge in [-0.1, -0.05) is 12.1 Å². The van der Waals surface area contributed by atoms with E-state index in [1.807, 2.05) is 31.2 Å². The van der Waals surface area contributed by atoms with Crippen molar-refractivity contribution in [3.63, 3.8) is 0 Å². The summed E-state index contributed by atoms with van der Waals surface area (Å²) in [6, 6.07) is 7.29. The van der Waals surface area contributed by atoms with Gasteiger partial charge < -0.3 is 9.64 Å². The molecular formula is C14H14N4O4. The van der Waals surface area contributed by atoms with Crippen LogP contribution >= 0.6 is 0 Å². The number of nitrogens with zero attached hydrogens (tertiary/aromatic N) is 4. The Morgan fingerprint density at radius 3 is 3.00 bits per heavy atom. The first kappa shape index (κ1) is 14.1. The minimum atomic E-state index is -0.542. The Morgan fingerprint density at radius 2 is 2.27 bits per heavy atom. The highest BCUT2D eigenvalue weighted by molar-refractivity contribution is 5.95. The standard InChI is InChI=1S/C14H14N4O4/c1-10-7-17(12-4-2-3-5-13(12)22-10)14(19)9-16-8-11(6-15-16)18(20)21/h2-6,8,10H,7,9H2,1H3/t10-/m0/s1. The first-order valence-electron chi connectivity index (χ1n) is 6.77. The molecule has 1 aromatic heterocycles. The lowest BCUT2D eigenvalue weighted by molar-refractivity contribution is -0.385. The highest BCUT2D eigenvalue weighted by atomic mass is 16.6. The number of rotatable bonds is 3. The maximum Gasteiger partial charge on any atom is 0.307 e. The van der Waals surface area contributed by atoms with Gasteiger partial charge in [0.05, 0.1) is 17.2 Å². The van der Waals surface area contributed by atoms with Crippen LogP contribution in [-0.2, 0) is 11.3 Å². The van der Waals surface area contributed by atoms with Crippen molar-refractivity contribution in [2.24, 2.45) is 0 Å². The summed E-state index contributed by atoms with van der Waals surface area (Å²) in [4.78, 5) is 24.2. The molecule has 8 heteroatoms. The number of anilines is 1. The molecule has 1 aromatic carbocycles. The molecule has 1 aliphatic rings. The van der Waals surface area contributed by atoms with Gasteiger partial charge in [0.15, 0.2) is 0 Å². The number of amides is 1. The van der Waals surface area contributed by atoms with Crippen molar-refractivity contribution in [2.75, 3.05) is 11.4 Å². The molecule has 0 fully saturated rings. The number of fused-ring (bicyclic) bond motifs is 1. The zero-order valence-electron chi connectivity index (χ0n) is 11.9. The number of nitro groups is 1. The Balaban J connectivity index is 1.81. The first-order chi connectivity index (χ1) is 10.5. The summed E-state index contributed by atoms with van der Waals surface area (Å²) in [6.45, 7) is 2.25. The van der Waals surface area contributed by atoms with Gasteiger partial charge in [-0.15, -0.1) is 0 Å². The quantitative estimate of drug-likeness (QED) is 0.634. The van der Waals surface area contributed by atoms with Crippen LogP contribution in [0.1, 0.15) is 6.92 Å². The Morgan fingerprint density at radius 1 is 1.50 bits per heavy atom. The lowest BCUT2D eigenvalue weighted by atomic mass is 10.2. The van der Waals surface area contributed by atoms with E-state index in [9.17, 15) is 14.9 Å². The van der Waals surface area contributed by atoms with Gasteiger partial charge in [0.2, 0.25) is 5.91 Å². The number of ether oxygens (including phenoxy) is 1. The third-order valence-electron chi connectivity index (χ3n) is 3.35. The number of para-hydroxylation sites is 2. The van der Waals surface area contributed by atoms with Crippen molar-refractivity contribution in [2.45, 2.75) is 19.6 Å². The number of carbonyl (C=O) groups excluding carboxylic acids is 1. The fraction of sp³-hybridized carbons (Fsp3) is 0.286. The zero-order valence-corrected chi connectivity index (χ0v) is 11.9. The molecule has 1 amide bonds. The fourth-order valence-corrected chi connectivity index (χ4v) is 2.38. The molecule has 22 heavy (non-hydrogen) atoms. The Kier molecular flexibility index (Phi) is 3.50. The van der Waals surface area contributed by atoms with Gasteiger partial charge >= 0.3 is 5.69 Å². The van der Waals surface area contributed by atoms with E-state index in [0.29, 0.717) is 18.0 Å². The molecule has 0 aliphatic carbocycles. The summed E-state index contributed by atoms with van der Waals surface area (Å²) in [5, 5.41) is 14.5. The van der Waals surface area contributed by atoms with Gasteiger partial charge in [0, 0.05) is 0 Å². The summed E-state index contributed by atoms with van der Waals surface area (Å²) < 4.78 is 6.96. The average molecular weight is 302 g/mol. The molecule has 0 saturated heterocycles. The predicted octanol–water partition coefficient (Wildman–Crippen LogP) is 1.61. The van der Waals surface area contributed by atoms with Crippen molar-refractivity contribution < 1.29 is 14.5 Å². The number of aromatic nitrogens is 2. The largest absolute Gasteiger partial charge is 0.487 e. The Labute approximate surface area is 126 Å². The van der Waals surface area contributed by atoms with Crippen LogP contribution in [0.2, 0.25) is 0 Å². The van der Waals surface area contributed by atoms with Crippen molar-refractivity contribution in [1.29, 1.82) is 0 Å². The molecule has 114 valence electrons. The molecule has 1 atom stereocenters. The molecular weight excluding hydrogens is 288 g/mol. The van der Waals surface area contributed by atoms with Crippen molar-refractivity contribution in [3.05, 3.63) is 46.8 Å². The highest BCUT2D eigenvalue weighted by Gasteiger charge is 2.27. The topological polar surface area (TPSA) is 90.5 Å². The molecule has 2 heterocycles. The molecule has 0 spiro atoms. The van der Waals surface area contributed by atoms with Crippen LogP contribution in [0.15, 0.2) is 36.7 Å². The monoisotopic (exact) mass is 302 g/mol. The molecule has 0 unspecified atom stereocenters. The van der Waals surface area contributed by atoms with Crippen LogP contribution in [0.3, 0.4) is 0 Å². The Bertz CT molecular complexity index is 727. The number of hydrogen-bond donors (Lipinski definition) is 0. The van der Waals surface area contributed by atoms with E-state index < -0.39 is 4.92 Å². The number of benzene rings is 1. The summed E-state index contributed by atoms with van der Waals surface area (Å²) in [6.07, 6.45) is 2.25. The van der Waals surface area contributed by atoms with Crippen LogP contribution in [-0.4, -0.2) is 33.3 Å². The van der Waals surface area contributed by atoms with Gasteiger partial charge in [0.1, 0.15) is 30.8 Å². The third kappa shape index (κ3) is 2.62. The molecule has 0 bridgehead atoms. The van der Waals surface area contributed by atoms with Gasteiger partial charge in [-0.3, -0.25) is 19.6 Å². The average Bonchev–Trinajstić information content (AvgIpc) is 2.95. The second-order valence-electron chi connectivity index (χ2n) is 5.05. The highest BCUT2D eigenvalue weighted by Crippen LogP contribution is 2.33. The second kappa shape index (κ2) is 5.47. The summed E-state index contributed by atoms with van der Waals surface area (Å²) in [5.74, 6) is 0.460. The van der Waals surface area contributed by atoms with Gasteiger partial charge in [-0.25, -0.2) is 0 Å². The van der Waals surface area contributed by atoms with E-state index in [2.05, 4.69) is 5.10 Å². The van der Waals surface area contributed by atoms with E-state index in [1.54, 1.807) is 4.90 Å². The van der Waals surface area contributed by atoms with E-state index in [4.69, 9.17) is 4.74 Å². The second-order valence-corrected chi connectivity index (χ2v) is 5.05. The molecule has 0 N–H and O–H groups in total. The molecule has 0 saturated carbocycles. The number of hydrogen-bond acceptors (Lipinski definition) is 5. The predicted molar refractivity (Wildman–Crippen MR) is 77.8 cm³/mol. The molecule has 3 rings (SSSR count). The minimum Gasteiger partial charge on any atom is -0.487 e. The van der Waals surface area contributed by atoms with Gasteiger partial charge in [0.25, 0.3) is 0 Å². The van der Waals surface area contributed by atoms with Crippen LogP contribution in [0.5, 0.6) is 5.75 Å². The zero-order chi connectivity index (χ0) is 15.7. The minimum absolute atomic E-state index is 0.0606. The van der Waals surface area contributed by atoms with Gasteiger partial charge in [-0.05, 0) is 19.1 Å².